The summed E-state index contributed by atoms with van der Waals surface area (Å²) in [5, 5.41) is 2.54. The van der Waals surface area contributed by atoms with Crippen molar-refractivity contribution in [1.29, 1.82) is 0 Å². The lowest BCUT2D eigenvalue weighted by molar-refractivity contribution is -0.137. The molecule has 3 nitrogen and oxygen atoms in total. The average Bonchev–Trinajstić information content (AvgIpc) is 3.10. The molecule has 2 aliphatic rings. The third-order valence-electron chi connectivity index (χ3n) is 5.78. The van der Waals surface area contributed by atoms with Crippen LogP contribution in [0.15, 0.2) is 42.5 Å². The van der Waals surface area contributed by atoms with Crippen LogP contribution in [0.5, 0.6) is 0 Å². The number of hydrogen-bond acceptors (Lipinski definition) is 2. The third kappa shape index (κ3) is 2.82. The second-order valence-corrected chi connectivity index (χ2v) is 7.38. The van der Waals surface area contributed by atoms with E-state index in [1.165, 1.54) is 16.3 Å². The number of rotatable bonds is 2. The maximum absolute atomic E-state index is 13.1. The third-order valence-corrected chi connectivity index (χ3v) is 5.78. The highest BCUT2D eigenvalue weighted by Gasteiger charge is 2.36. The Bertz CT molecular complexity index is 736. The first-order valence-electron chi connectivity index (χ1n) is 9.28. The summed E-state index contributed by atoms with van der Waals surface area (Å²) in [6.07, 6.45) is 6.18. The molecular weight excluding hydrogens is 296 g/mol. The summed E-state index contributed by atoms with van der Waals surface area (Å²) in [7, 11) is 0. The minimum atomic E-state index is 0.129. The van der Waals surface area contributed by atoms with Gasteiger partial charge in [0, 0.05) is 18.5 Å². The number of nitrogens with two attached hydrogens (primary N) is 1. The van der Waals surface area contributed by atoms with Crippen LogP contribution >= 0.6 is 0 Å². The molecule has 0 spiro atoms. The minimum absolute atomic E-state index is 0.129. The Morgan fingerprint density at radius 3 is 2.71 bits per heavy atom. The van der Waals surface area contributed by atoms with Crippen molar-refractivity contribution in [2.24, 2.45) is 11.7 Å². The molecule has 1 saturated heterocycles. The summed E-state index contributed by atoms with van der Waals surface area (Å²) in [6.45, 7) is 0.887. The molecule has 126 valence electrons. The van der Waals surface area contributed by atoms with E-state index in [4.69, 9.17) is 5.73 Å². The molecule has 1 heterocycles. The summed E-state index contributed by atoms with van der Waals surface area (Å²) in [4.78, 5) is 15.3. The predicted octanol–water partition coefficient (Wildman–Crippen LogP) is 4.02. The summed E-state index contributed by atoms with van der Waals surface area (Å²) >= 11 is 0. The lowest BCUT2D eigenvalue weighted by Gasteiger charge is -2.33. The maximum atomic E-state index is 13.1. The van der Waals surface area contributed by atoms with E-state index in [1.54, 1.807) is 0 Å². The standard InChI is InChI=1S/C21H26N2O/c22-17-9-3-8-16(14-17)21(24)23-13-5-12-20(23)19-11-4-7-15-6-1-2-10-18(15)19/h1-2,4,6-7,10-11,16-17,20H,3,5,8-9,12-14,22H2. The molecule has 0 radical (unpaired) electrons. The zero-order chi connectivity index (χ0) is 16.5. The van der Waals surface area contributed by atoms with E-state index < -0.39 is 0 Å². The van der Waals surface area contributed by atoms with Crippen molar-refractivity contribution in [3.8, 4) is 0 Å². The monoisotopic (exact) mass is 322 g/mol. The summed E-state index contributed by atoms with van der Waals surface area (Å²) < 4.78 is 0. The fourth-order valence-corrected chi connectivity index (χ4v) is 4.58. The number of likely N-dealkylation sites (tertiary alicyclic amines) is 1. The van der Waals surface area contributed by atoms with Crippen molar-refractivity contribution in [2.75, 3.05) is 6.54 Å². The van der Waals surface area contributed by atoms with Crippen LogP contribution in [0.2, 0.25) is 0 Å². The van der Waals surface area contributed by atoms with Gasteiger partial charge in [0.05, 0.1) is 6.04 Å². The first kappa shape index (κ1) is 15.6. The number of benzene rings is 2. The number of carbonyl (C=O) groups excluding carboxylic acids is 1. The highest BCUT2D eigenvalue weighted by molar-refractivity contribution is 5.87. The first-order valence-corrected chi connectivity index (χ1v) is 9.28. The van der Waals surface area contributed by atoms with Gasteiger partial charge in [0.15, 0.2) is 0 Å². The quantitative estimate of drug-likeness (QED) is 0.907. The number of amides is 1. The Balaban J connectivity index is 1.63. The van der Waals surface area contributed by atoms with Gasteiger partial charge in [0.1, 0.15) is 0 Å². The fraction of sp³-hybridized carbons (Fsp3) is 0.476. The topological polar surface area (TPSA) is 46.3 Å². The lowest BCUT2D eigenvalue weighted by Crippen LogP contribution is -2.40. The zero-order valence-corrected chi connectivity index (χ0v) is 14.2. The second kappa shape index (κ2) is 6.56. The molecule has 2 N–H and O–H groups in total. The normalized spacial score (nSPS) is 27.5. The van der Waals surface area contributed by atoms with E-state index >= 15 is 0 Å². The molecule has 2 aromatic carbocycles. The van der Waals surface area contributed by atoms with E-state index in [0.717, 1.165) is 45.1 Å². The molecule has 4 rings (SSSR count). The molecule has 3 atom stereocenters. The van der Waals surface area contributed by atoms with Gasteiger partial charge in [-0.05, 0) is 48.4 Å². The molecule has 1 aliphatic heterocycles. The van der Waals surface area contributed by atoms with Crippen LogP contribution < -0.4 is 5.73 Å². The van der Waals surface area contributed by atoms with Crippen LogP contribution in [0, 0.1) is 5.92 Å². The smallest absolute Gasteiger partial charge is 0.226 e. The van der Waals surface area contributed by atoms with Gasteiger partial charge in [-0.25, -0.2) is 0 Å². The van der Waals surface area contributed by atoms with Gasteiger partial charge in [-0.15, -0.1) is 0 Å². The molecule has 0 aromatic heterocycles. The number of carbonyl (C=O) groups is 1. The van der Waals surface area contributed by atoms with Gasteiger partial charge in [0.25, 0.3) is 0 Å². The molecule has 3 unspecified atom stereocenters. The van der Waals surface area contributed by atoms with Crippen molar-refractivity contribution in [3.63, 3.8) is 0 Å². The number of fused-ring (bicyclic) bond motifs is 1. The lowest BCUT2D eigenvalue weighted by atomic mass is 9.85. The minimum Gasteiger partial charge on any atom is -0.335 e. The second-order valence-electron chi connectivity index (χ2n) is 7.38. The summed E-state index contributed by atoms with van der Waals surface area (Å²) in [6, 6.07) is 15.4. The van der Waals surface area contributed by atoms with Crippen molar-refractivity contribution in [2.45, 2.75) is 50.6 Å². The van der Waals surface area contributed by atoms with E-state index in [9.17, 15) is 4.79 Å². The molecule has 1 saturated carbocycles. The van der Waals surface area contributed by atoms with Crippen LogP contribution in [0.25, 0.3) is 10.8 Å². The van der Waals surface area contributed by atoms with Crippen LogP contribution in [-0.4, -0.2) is 23.4 Å². The van der Waals surface area contributed by atoms with Crippen LogP contribution in [0.1, 0.15) is 50.1 Å². The average molecular weight is 322 g/mol. The van der Waals surface area contributed by atoms with E-state index in [2.05, 4.69) is 47.4 Å². The molecule has 2 aromatic rings. The Labute approximate surface area is 143 Å². The van der Waals surface area contributed by atoms with Crippen molar-refractivity contribution >= 4 is 16.7 Å². The zero-order valence-electron chi connectivity index (χ0n) is 14.2. The van der Waals surface area contributed by atoms with Gasteiger partial charge in [-0.1, -0.05) is 48.9 Å². The summed E-state index contributed by atoms with van der Waals surface area (Å²) in [5.74, 6) is 0.463. The SMILES string of the molecule is NC1CCCC(C(=O)N2CCCC2c2cccc3ccccc23)C1. The highest BCUT2D eigenvalue weighted by Crippen LogP contribution is 2.38. The van der Waals surface area contributed by atoms with Gasteiger partial charge >= 0.3 is 0 Å². The maximum Gasteiger partial charge on any atom is 0.226 e. The van der Waals surface area contributed by atoms with E-state index in [-0.39, 0.29) is 18.0 Å². The highest BCUT2D eigenvalue weighted by atomic mass is 16.2. The van der Waals surface area contributed by atoms with Crippen molar-refractivity contribution < 1.29 is 4.79 Å². The van der Waals surface area contributed by atoms with Crippen molar-refractivity contribution in [1.82, 2.24) is 4.90 Å². The Morgan fingerprint density at radius 2 is 1.83 bits per heavy atom. The van der Waals surface area contributed by atoms with Crippen LogP contribution in [0.3, 0.4) is 0 Å². The molecule has 2 fully saturated rings. The Hall–Kier alpha value is -1.87. The summed E-state index contributed by atoms with van der Waals surface area (Å²) in [5.41, 5.74) is 7.42. The van der Waals surface area contributed by atoms with E-state index in [0.29, 0.717) is 5.91 Å². The predicted molar refractivity (Wildman–Crippen MR) is 97.6 cm³/mol. The van der Waals surface area contributed by atoms with Gasteiger partial charge in [0.2, 0.25) is 5.91 Å². The fourth-order valence-electron chi connectivity index (χ4n) is 4.58. The molecule has 24 heavy (non-hydrogen) atoms. The molecule has 1 aliphatic carbocycles. The number of hydrogen-bond donors (Lipinski definition) is 1. The largest absolute Gasteiger partial charge is 0.335 e. The van der Waals surface area contributed by atoms with Gasteiger partial charge < -0.3 is 10.6 Å². The molecular formula is C21H26N2O. The van der Waals surface area contributed by atoms with Gasteiger partial charge in [-0.2, -0.15) is 0 Å². The van der Waals surface area contributed by atoms with Crippen LogP contribution in [-0.2, 0) is 4.79 Å². The Morgan fingerprint density at radius 1 is 1.00 bits per heavy atom. The van der Waals surface area contributed by atoms with Gasteiger partial charge in [-0.3, -0.25) is 4.79 Å². The first-order chi connectivity index (χ1) is 11.7. The van der Waals surface area contributed by atoms with Crippen LogP contribution in [0.4, 0.5) is 0 Å². The molecule has 1 amide bonds. The number of nitrogens with zero attached hydrogens (tertiary/aromatic N) is 1. The molecule has 3 heteroatoms. The Kier molecular flexibility index (Phi) is 4.28. The molecule has 0 bridgehead atoms. The van der Waals surface area contributed by atoms with E-state index in [1.807, 2.05) is 0 Å². The van der Waals surface area contributed by atoms with Crippen molar-refractivity contribution in [3.05, 3.63) is 48.0 Å².